The molecule has 0 unspecified atom stereocenters. The van der Waals surface area contributed by atoms with Gasteiger partial charge in [-0.25, -0.2) is 9.97 Å². The predicted molar refractivity (Wildman–Crippen MR) is 161 cm³/mol. The summed E-state index contributed by atoms with van der Waals surface area (Å²) in [6.45, 7) is 8.32. The number of hydrogen-bond acceptors (Lipinski definition) is 4. The van der Waals surface area contributed by atoms with Crippen molar-refractivity contribution < 1.29 is 9.31 Å². The quantitative estimate of drug-likeness (QED) is 0.273. The van der Waals surface area contributed by atoms with Crippen molar-refractivity contribution in [3.05, 3.63) is 89.0 Å². The van der Waals surface area contributed by atoms with Gasteiger partial charge in [0, 0.05) is 16.5 Å². The Bertz CT molecular complexity index is 1650. The fraction of sp³-hybridized carbons (Fsp3) is 0.294. The summed E-state index contributed by atoms with van der Waals surface area (Å²) < 4.78 is 12.5. The molecule has 4 nitrogen and oxygen atoms in total. The van der Waals surface area contributed by atoms with Gasteiger partial charge in [-0.3, -0.25) is 0 Å². The smallest absolute Gasteiger partial charge is 0.399 e. The van der Waals surface area contributed by atoms with Gasteiger partial charge in [-0.05, 0) is 93.2 Å². The third kappa shape index (κ3) is 4.07. The summed E-state index contributed by atoms with van der Waals surface area (Å²) in [5, 5.41) is 1.08. The zero-order valence-electron chi connectivity index (χ0n) is 23.1. The van der Waals surface area contributed by atoms with Crippen LogP contribution >= 0.6 is 0 Å². The molecular formula is C34H33BN2O2. The van der Waals surface area contributed by atoms with Crippen LogP contribution in [-0.2, 0) is 22.2 Å². The van der Waals surface area contributed by atoms with Crippen molar-refractivity contribution >= 4 is 35.6 Å². The molecule has 1 fully saturated rings. The molecule has 0 amide bonds. The van der Waals surface area contributed by atoms with Gasteiger partial charge >= 0.3 is 7.12 Å². The molecule has 2 aliphatic carbocycles. The monoisotopic (exact) mass is 512 g/mol. The highest BCUT2D eigenvalue weighted by atomic mass is 16.7. The van der Waals surface area contributed by atoms with E-state index in [-0.39, 0.29) is 18.3 Å². The van der Waals surface area contributed by atoms with Crippen molar-refractivity contribution in [1.29, 1.82) is 0 Å². The zero-order chi connectivity index (χ0) is 26.8. The lowest BCUT2D eigenvalue weighted by atomic mass is 9.79. The van der Waals surface area contributed by atoms with Crippen LogP contribution in [0.15, 0.2) is 66.7 Å². The highest BCUT2D eigenvalue weighted by Crippen LogP contribution is 2.40. The van der Waals surface area contributed by atoms with Crippen LogP contribution in [0.3, 0.4) is 0 Å². The summed E-state index contributed by atoms with van der Waals surface area (Å²) in [5.74, 6) is 0.728. The van der Waals surface area contributed by atoms with E-state index in [9.17, 15) is 0 Å². The average molecular weight is 512 g/mol. The summed E-state index contributed by atoms with van der Waals surface area (Å²) in [6, 6.07) is 19.0. The van der Waals surface area contributed by atoms with Crippen molar-refractivity contribution in [2.24, 2.45) is 0 Å². The number of para-hydroxylation sites is 1. The number of fused-ring (bicyclic) bond motifs is 4. The van der Waals surface area contributed by atoms with Gasteiger partial charge < -0.3 is 9.31 Å². The van der Waals surface area contributed by atoms with Crippen LogP contribution < -0.4 is 5.46 Å². The van der Waals surface area contributed by atoms with Crippen LogP contribution in [0.4, 0.5) is 0 Å². The molecule has 7 rings (SSSR count). The lowest BCUT2D eigenvalue weighted by molar-refractivity contribution is 0.00578. The third-order valence-corrected chi connectivity index (χ3v) is 8.88. The molecule has 3 aromatic carbocycles. The van der Waals surface area contributed by atoms with E-state index >= 15 is 0 Å². The SMILES string of the molecule is CC1(C)OB(c2ccc(-c3nc(-c4cc5c(c6c4C=CCC6)CCC=C5)c4ccccc4n3)cc2)OC1(C)C. The minimum Gasteiger partial charge on any atom is -0.399 e. The zero-order valence-corrected chi connectivity index (χ0v) is 23.1. The summed E-state index contributed by atoms with van der Waals surface area (Å²) in [5.41, 5.74) is 10.0. The normalized spacial score (nSPS) is 18.8. The topological polar surface area (TPSA) is 44.2 Å². The van der Waals surface area contributed by atoms with Gasteiger partial charge in [0.1, 0.15) is 0 Å². The molecule has 194 valence electrons. The lowest BCUT2D eigenvalue weighted by Crippen LogP contribution is -2.41. The molecule has 2 heterocycles. The van der Waals surface area contributed by atoms with Crippen molar-refractivity contribution in [2.75, 3.05) is 0 Å². The van der Waals surface area contributed by atoms with Gasteiger partial charge in [0.25, 0.3) is 0 Å². The van der Waals surface area contributed by atoms with Crippen molar-refractivity contribution in [3.63, 3.8) is 0 Å². The van der Waals surface area contributed by atoms with Gasteiger partial charge in [-0.1, -0.05) is 66.8 Å². The molecule has 3 aliphatic rings. The Balaban J connectivity index is 1.35. The van der Waals surface area contributed by atoms with E-state index in [1.165, 1.54) is 27.8 Å². The number of aromatic nitrogens is 2. The van der Waals surface area contributed by atoms with E-state index in [1.807, 2.05) is 0 Å². The van der Waals surface area contributed by atoms with E-state index in [0.29, 0.717) is 0 Å². The summed E-state index contributed by atoms with van der Waals surface area (Å²) in [4.78, 5) is 10.2. The van der Waals surface area contributed by atoms with E-state index in [0.717, 1.165) is 59.1 Å². The maximum Gasteiger partial charge on any atom is 0.494 e. The number of benzene rings is 3. The van der Waals surface area contributed by atoms with Crippen LogP contribution in [0.5, 0.6) is 0 Å². The predicted octanol–water partition coefficient (Wildman–Crippen LogP) is 7.18. The Kier molecular flexibility index (Phi) is 5.66. The van der Waals surface area contributed by atoms with Gasteiger partial charge in [0.15, 0.2) is 5.82 Å². The van der Waals surface area contributed by atoms with Gasteiger partial charge in [0.05, 0.1) is 22.4 Å². The number of hydrogen-bond donors (Lipinski definition) is 0. The largest absolute Gasteiger partial charge is 0.494 e. The van der Waals surface area contributed by atoms with E-state index in [2.05, 4.69) is 107 Å². The minimum atomic E-state index is -0.390. The molecule has 0 radical (unpaired) electrons. The van der Waals surface area contributed by atoms with Crippen LogP contribution in [-0.4, -0.2) is 28.3 Å². The van der Waals surface area contributed by atoms with Gasteiger partial charge in [-0.15, -0.1) is 0 Å². The molecule has 5 heteroatoms. The first kappa shape index (κ1) is 24.5. The Labute approximate surface area is 230 Å². The molecule has 0 saturated carbocycles. The first-order valence-electron chi connectivity index (χ1n) is 14.1. The molecule has 1 saturated heterocycles. The Morgan fingerprint density at radius 2 is 1.46 bits per heavy atom. The minimum absolute atomic E-state index is 0.371. The maximum absolute atomic E-state index is 6.26. The molecular weight excluding hydrogens is 479 g/mol. The molecule has 1 aliphatic heterocycles. The van der Waals surface area contributed by atoms with Crippen molar-refractivity contribution in [2.45, 2.75) is 64.6 Å². The average Bonchev–Trinajstić information content (AvgIpc) is 3.18. The summed E-state index contributed by atoms with van der Waals surface area (Å²) in [7, 11) is -0.390. The Morgan fingerprint density at radius 1 is 0.769 bits per heavy atom. The molecule has 0 atom stereocenters. The third-order valence-electron chi connectivity index (χ3n) is 8.88. The highest BCUT2D eigenvalue weighted by Gasteiger charge is 2.51. The standard InChI is InChI=1S/C34H33BN2O2/c1-33(2)34(3,4)39-35(38-33)24-19-17-22(18-20-24)32-36-30-16-10-9-15-28(30)31(37-32)29-21-23-11-5-6-12-25(23)26-13-7-8-14-27(26)29/h5,8-11,14-21H,6-7,12-13H2,1-4H3. The molecule has 0 spiro atoms. The fourth-order valence-corrected chi connectivity index (χ4v) is 5.98. The lowest BCUT2D eigenvalue weighted by Gasteiger charge is -2.32. The maximum atomic E-state index is 6.26. The van der Waals surface area contributed by atoms with Crippen LogP contribution in [0.1, 0.15) is 62.8 Å². The Hall–Kier alpha value is -3.54. The van der Waals surface area contributed by atoms with Crippen molar-refractivity contribution in [3.8, 4) is 22.6 Å². The second-order valence-corrected chi connectivity index (χ2v) is 11.9. The highest BCUT2D eigenvalue weighted by molar-refractivity contribution is 6.62. The molecule has 1 aromatic heterocycles. The molecule has 0 bridgehead atoms. The first-order valence-corrected chi connectivity index (χ1v) is 14.1. The first-order chi connectivity index (χ1) is 18.8. The van der Waals surface area contributed by atoms with Crippen molar-refractivity contribution in [1.82, 2.24) is 9.97 Å². The van der Waals surface area contributed by atoms with E-state index in [1.54, 1.807) is 0 Å². The molecule has 0 N–H and O–H groups in total. The molecule has 39 heavy (non-hydrogen) atoms. The van der Waals surface area contributed by atoms with Gasteiger partial charge in [-0.2, -0.15) is 0 Å². The number of allylic oxidation sites excluding steroid dienone is 2. The van der Waals surface area contributed by atoms with Crippen LogP contribution in [0.2, 0.25) is 0 Å². The van der Waals surface area contributed by atoms with Gasteiger partial charge in [0.2, 0.25) is 0 Å². The number of rotatable bonds is 3. The van der Waals surface area contributed by atoms with Crippen LogP contribution in [0, 0.1) is 0 Å². The Morgan fingerprint density at radius 3 is 2.23 bits per heavy atom. The van der Waals surface area contributed by atoms with E-state index < -0.39 is 0 Å². The second-order valence-electron chi connectivity index (χ2n) is 11.9. The summed E-state index contributed by atoms with van der Waals surface area (Å²) >= 11 is 0. The fourth-order valence-electron chi connectivity index (χ4n) is 5.98. The summed E-state index contributed by atoms with van der Waals surface area (Å²) in [6.07, 6.45) is 13.6. The van der Waals surface area contributed by atoms with Crippen LogP contribution in [0.25, 0.3) is 45.7 Å². The molecule has 4 aromatic rings. The number of nitrogens with zero attached hydrogens (tertiary/aromatic N) is 2. The second kappa shape index (κ2) is 9.01. The van der Waals surface area contributed by atoms with E-state index in [4.69, 9.17) is 19.3 Å².